The molecular formula is C24H28FN3O4. The fraction of sp³-hybridized carbons (Fsp3) is 0.417. The van der Waals surface area contributed by atoms with Crippen LogP contribution in [0.5, 0.6) is 11.5 Å². The smallest absolute Gasteiger partial charge is 0.225 e. The molecule has 170 valence electrons. The van der Waals surface area contributed by atoms with Crippen LogP contribution >= 0.6 is 0 Å². The zero-order valence-corrected chi connectivity index (χ0v) is 18.0. The van der Waals surface area contributed by atoms with Gasteiger partial charge in [-0.2, -0.15) is 0 Å². The Morgan fingerprint density at radius 1 is 1.03 bits per heavy atom. The van der Waals surface area contributed by atoms with Crippen LogP contribution in [0.15, 0.2) is 48.5 Å². The average Bonchev–Trinajstić information content (AvgIpc) is 3.20. The molecule has 1 atom stereocenters. The van der Waals surface area contributed by atoms with Crippen LogP contribution < -0.4 is 10.1 Å². The van der Waals surface area contributed by atoms with Crippen molar-refractivity contribution in [1.29, 1.82) is 0 Å². The van der Waals surface area contributed by atoms with Crippen molar-refractivity contribution in [2.24, 2.45) is 5.92 Å². The standard InChI is InChI=1S/C24H28FN3O4/c25-20-3-7-22(8-4-20)32-21-5-1-18(2-6-21)16-26-24(30)19-15-23(29)28(17-19)10-9-27-11-13-31-14-12-27/h1-8,19H,9-17H2,(H,26,30)/t19-/m1/s1. The minimum atomic E-state index is -0.312. The van der Waals surface area contributed by atoms with E-state index in [0.717, 1.165) is 38.4 Å². The monoisotopic (exact) mass is 441 g/mol. The van der Waals surface area contributed by atoms with Gasteiger partial charge in [-0.1, -0.05) is 12.1 Å². The van der Waals surface area contributed by atoms with Crippen LogP contribution in [0.4, 0.5) is 4.39 Å². The fourth-order valence-electron chi connectivity index (χ4n) is 3.90. The van der Waals surface area contributed by atoms with Gasteiger partial charge in [-0.15, -0.1) is 0 Å². The maximum atomic E-state index is 13.0. The van der Waals surface area contributed by atoms with E-state index < -0.39 is 0 Å². The molecule has 2 aromatic carbocycles. The maximum Gasteiger partial charge on any atom is 0.225 e. The molecule has 2 amide bonds. The third kappa shape index (κ3) is 6.05. The Morgan fingerprint density at radius 3 is 2.38 bits per heavy atom. The minimum Gasteiger partial charge on any atom is -0.457 e. The highest BCUT2D eigenvalue weighted by Crippen LogP contribution is 2.22. The summed E-state index contributed by atoms with van der Waals surface area (Å²) in [4.78, 5) is 29.0. The molecule has 2 aromatic rings. The number of likely N-dealkylation sites (tertiary alicyclic amines) is 1. The number of nitrogens with one attached hydrogen (secondary N) is 1. The van der Waals surface area contributed by atoms with Gasteiger partial charge >= 0.3 is 0 Å². The quantitative estimate of drug-likeness (QED) is 0.681. The Labute approximate surface area is 187 Å². The summed E-state index contributed by atoms with van der Waals surface area (Å²) in [6.07, 6.45) is 0.263. The van der Waals surface area contributed by atoms with Gasteiger partial charge in [0.2, 0.25) is 11.8 Å². The van der Waals surface area contributed by atoms with E-state index in [1.807, 2.05) is 12.1 Å². The second-order valence-electron chi connectivity index (χ2n) is 8.11. The van der Waals surface area contributed by atoms with Crippen LogP contribution in [0.1, 0.15) is 12.0 Å². The lowest BCUT2D eigenvalue weighted by atomic mass is 10.1. The molecule has 2 aliphatic heterocycles. The number of carbonyl (C=O) groups excluding carboxylic acids is 2. The topological polar surface area (TPSA) is 71.1 Å². The fourth-order valence-corrected chi connectivity index (χ4v) is 3.90. The summed E-state index contributed by atoms with van der Waals surface area (Å²) in [5, 5.41) is 2.94. The lowest BCUT2D eigenvalue weighted by Gasteiger charge is -2.28. The van der Waals surface area contributed by atoms with Gasteiger partial charge in [0.05, 0.1) is 19.1 Å². The molecule has 4 rings (SSSR count). The molecule has 2 aliphatic rings. The predicted octanol–water partition coefficient (Wildman–Crippen LogP) is 2.41. The van der Waals surface area contributed by atoms with E-state index in [-0.39, 0.29) is 30.0 Å². The Balaban J connectivity index is 1.21. The number of benzene rings is 2. The number of halogens is 1. The van der Waals surface area contributed by atoms with Crippen LogP contribution in [-0.4, -0.2) is 67.6 Å². The molecule has 0 radical (unpaired) electrons. The molecule has 0 saturated carbocycles. The number of hydrogen-bond acceptors (Lipinski definition) is 5. The van der Waals surface area contributed by atoms with E-state index in [2.05, 4.69) is 10.2 Å². The largest absolute Gasteiger partial charge is 0.457 e. The van der Waals surface area contributed by atoms with E-state index in [1.165, 1.54) is 12.1 Å². The van der Waals surface area contributed by atoms with Gasteiger partial charge in [-0.3, -0.25) is 14.5 Å². The number of carbonyl (C=O) groups is 2. The Bertz CT molecular complexity index is 914. The number of ether oxygens (including phenoxy) is 2. The van der Waals surface area contributed by atoms with E-state index in [1.54, 1.807) is 29.2 Å². The second kappa shape index (κ2) is 10.6. The highest BCUT2D eigenvalue weighted by atomic mass is 19.1. The first-order valence-electron chi connectivity index (χ1n) is 10.9. The lowest BCUT2D eigenvalue weighted by molar-refractivity contribution is -0.129. The summed E-state index contributed by atoms with van der Waals surface area (Å²) in [6.45, 7) is 5.57. The Hall–Kier alpha value is -2.97. The second-order valence-corrected chi connectivity index (χ2v) is 8.11. The Kier molecular flexibility index (Phi) is 7.34. The van der Waals surface area contributed by atoms with Crippen LogP contribution in [-0.2, 0) is 20.9 Å². The SMILES string of the molecule is O=C(NCc1ccc(Oc2ccc(F)cc2)cc1)[C@@H]1CC(=O)N(CCN2CCOCC2)C1. The average molecular weight is 442 g/mol. The minimum absolute atomic E-state index is 0.0423. The first-order valence-corrected chi connectivity index (χ1v) is 10.9. The summed E-state index contributed by atoms with van der Waals surface area (Å²) in [5.41, 5.74) is 0.929. The van der Waals surface area contributed by atoms with Crippen molar-refractivity contribution in [3.8, 4) is 11.5 Å². The molecule has 0 spiro atoms. The maximum absolute atomic E-state index is 13.0. The molecule has 1 N–H and O–H groups in total. The van der Waals surface area contributed by atoms with E-state index in [9.17, 15) is 14.0 Å². The van der Waals surface area contributed by atoms with Gasteiger partial charge in [-0.05, 0) is 42.0 Å². The van der Waals surface area contributed by atoms with Gasteiger partial charge in [0.1, 0.15) is 17.3 Å². The normalized spacial score (nSPS) is 19.2. The molecule has 2 saturated heterocycles. The number of hydrogen-bond donors (Lipinski definition) is 1. The number of rotatable bonds is 8. The zero-order valence-electron chi connectivity index (χ0n) is 18.0. The van der Waals surface area contributed by atoms with Crippen molar-refractivity contribution in [1.82, 2.24) is 15.1 Å². The number of amides is 2. The van der Waals surface area contributed by atoms with Crippen molar-refractivity contribution in [2.45, 2.75) is 13.0 Å². The highest BCUT2D eigenvalue weighted by Gasteiger charge is 2.34. The van der Waals surface area contributed by atoms with Crippen LogP contribution in [0.3, 0.4) is 0 Å². The third-order valence-corrected chi connectivity index (χ3v) is 5.81. The third-order valence-electron chi connectivity index (χ3n) is 5.81. The summed E-state index contributed by atoms with van der Waals surface area (Å²) >= 11 is 0. The molecule has 7 nitrogen and oxygen atoms in total. The molecule has 0 bridgehead atoms. The van der Waals surface area contributed by atoms with Crippen molar-refractivity contribution >= 4 is 11.8 Å². The van der Waals surface area contributed by atoms with Gasteiger partial charge in [0.25, 0.3) is 0 Å². The molecule has 32 heavy (non-hydrogen) atoms. The number of morpholine rings is 1. The molecule has 2 heterocycles. The van der Waals surface area contributed by atoms with Crippen LogP contribution in [0.2, 0.25) is 0 Å². The summed E-state index contributed by atoms with van der Waals surface area (Å²) < 4.78 is 24.0. The molecule has 8 heteroatoms. The molecule has 0 aliphatic carbocycles. The predicted molar refractivity (Wildman–Crippen MR) is 117 cm³/mol. The molecule has 0 unspecified atom stereocenters. The molecule has 2 fully saturated rings. The van der Waals surface area contributed by atoms with Crippen molar-refractivity contribution < 1.29 is 23.5 Å². The van der Waals surface area contributed by atoms with Gasteiger partial charge in [-0.25, -0.2) is 4.39 Å². The molecule has 0 aromatic heterocycles. The highest BCUT2D eigenvalue weighted by molar-refractivity contribution is 5.89. The van der Waals surface area contributed by atoms with Gasteiger partial charge in [0.15, 0.2) is 0 Å². The van der Waals surface area contributed by atoms with Crippen LogP contribution in [0, 0.1) is 11.7 Å². The van der Waals surface area contributed by atoms with Crippen molar-refractivity contribution in [3.63, 3.8) is 0 Å². The van der Waals surface area contributed by atoms with Gasteiger partial charge < -0.3 is 19.7 Å². The van der Waals surface area contributed by atoms with E-state index in [0.29, 0.717) is 31.1 Å². The number of nitrogens with zero attached hydrogens (tertiary/aromatic N) is 2. The van der Waals surface area contributed by atoms with Gasteiger partial charge in [0, 0.05) is 45.7 Å². The van der Waals surface area contributed by atoms with Crippen molar-refractivity contribution in [2.75, 3.05) is 45.9 Å². The first kappa shape index (κ1) is 22.2. The lowest BCUT2D eigenvalue weighted by Crippen LogP contribution is -2.42. The zero-order chi connectivity index (χ0) is 22.3. The van der Waals surface area contributed by atoms with E-state index >= 15 is 0 Å². The van der Waals surface area contributed by atoms with Crippen molar-refractivity contribution in [3.05, 3.63) is 59.9 Å². The summed E-state index contributed by atoms with van der Waals surface area (Å²) in [7, 11) is 0. The molecular weight excluding hydrogens is 413 g/mol. The summed E-state index contributed by atoms with van der Waals surface area (Å²) in [6, 6.07) is 13.2. The summed E-state index contributed by atoms with van der Waals surface area (Å²) in [5.74, 6) is 0.501. The Morgan fingerprint density at radius 2 is 1.69 bits per heavy atom. The van der Waals surface area contributed by atoms with Crippen LogP contribution in [0.25, 0.3) is 0 Å². The first-order chi connectivity index (χ1) is 15.6. The van der Waals surface area contributed by atoms with E-state index in [4.69, 9.17) is 9.47 Å².